The number of rotatable bonds is 11. The molecule has 4 N–H and O–H groups in total. The molecule has 3 amide bonds. The molecule has 5 rings (SSSR count). The van der Waals surface area contributed by atoms with Gasteiger partial charge in [0.25, 0.3) is 5.91 Å². The molecule has 0 radical (unpaired) electrons. The van der Waals surface area contributed by atoms with Crippen molar-refractivity contribution >= 4 is 40.9 Å². The summed E-state index contributed by atoms with van der Waals surface area (Å²) in [5.41, 5.74) is 2.80. The van der Waals surface area contributed by atoms with Gasteiger partial charge in [-0.1, -0.05) is 54.2 Å². The Morgan fingerprint density at radius 2 is 1.78 bits per heavy atom. The third-order valence-electron chi connectivity index (χ3n) is 6.68. The van der Waals surface area contributed by atoms with Crippen molar-refractivity contribution in [2.75, 3.05) is 32.2 Å². The summed E-state index contributed by atoms with van der Waals surface area (Å²) in [7, 11) is 1.52. The van der Waals surface area contributed by atoms with Gasteiger partial charge in [-0.3, -0.25) is 14.4 Å². The maximum atomic E-state index is 13.1. The molecular formula is C30H32N4O6S. The van der Waals surface area contributed by atoms with Gasteiger partial charge in [-0.25, -0.2) is 0 Å². The van der Waals surface area contributed by atoms with Crippen LogP contribution in [0.15, 0.2) is 82.6 Å². The van der Waals surface area contributed by atoms with Crippen LogP contribution in [-0.2, 0) is 30.3 Å². The Labute approximate surface area is 242 Å². The smallest absolute Gasteiger partial charge is 0.258 e. The lowest BCUT2D eigenvalue weighted by molar-refractivity contribution is -0.133. The number of carbonyl (C=O) groups is 3. The number of ether oxygens (including phenoxy) is 3. The molecule has 1 unspecified atom stereocenters. The molecule has 2 heterocycles. The van der Waals surface area contributed by atoms with Crippen LogP contribution in [0.2, 0.25) is 0 Å². The van der Waals surface area contributed by atoms with Crippen LogP contribution in [0.3, 0.4) is 0 Å². The van der Waals surface area contributed by atoms with Gasteiger partial charge in [-0.15, -0.1) is 0 Å². The van der Waals surface area contributed by atoms with E-state index in [1.54, 1.807) is 17.8 Å². The van der Waals surface area contributed by atoms with Crippen LogP contribution in [0.5, 0.6) is 5.75 Å². The Kier molecular flexibility index (Phi) is 9.40. The number of nitrogens with one attached hydrogen (secondary N) is 4. The van der Waals surface area contributed by atoms with Crippen molar-refractivity contribution in [1.82, 2.24) is 16.0 Å². The molecule has 0 spiro atoms. The minimum absolute atomic E-state index is 0.260. The lowest BCUT2D eigenvalue weighted by atomic mass is 10.0. The SMILES string of the molecule is COC1OCC[C@@H]1NC(=O)[C@H](Cc1ccccc1)NC(=O)CNC(=O)COc1ccc2c(c1)Nc1ccccc1S2. The van der Waals surface area contributed by atoms with Gasteiger partial charge in [0.05, 0.1) is 30.6 Å². The number of carbonyl (C=O) groups excluding carboxylic acids is 3. The van der Waals surface area contributed by atoms with Gasteiger partial charge in [0.15, 0.2) is 12.9 Å². The molecule has 10 nitrogen and oxygen atoms in total. The van der Waals surface area contributed by atoms with Crippen molar-refractivity contribution in [3.8, 4) is 5.75 Å². The van der Waals surface area contributed by atoms with Gasteiger partial charge in [-0.05, 0) is 36.2 Å². The van der Waals surface area contributed by atoms with Crippen molar-refractivity contribution in [1.29, 1.82) is 0 Å². The predicted octanol–water partition coefficient (Wildman–Crippen LogP) is 2.99. The number of benzene rings is 3. The van der Waals surface area contributed by atoms with Crippen molar-refractivity contribution in [3.05, 3.63) is 78.4 Å². The summed E-state index contributed by atoms with van der Waals surface area (Å²) in [5, 5.41) is 11.6. The number of amides is 3. The van der Waals surface area contributed by atoms with E-state index in [9.17, 15) is 14.4 Å². The molecule has 3 atom stereocenters. The minimum atomic E-state index is -0.845. The molecule has 11 heteroatoms. The Morgan fingerprint density at radius 3 is 2.61 bits per heavy atom. The van der Waals surface area contributed by atoms with Crippen molar-refractivity contribution in [2.45, 2.75) is 41.0 Å². The number of para-hydroxylation sites is 1. The first-order chi connectivity index (χ1) is 20.0. The second-order valence-corrected chi connectivity index (χ2v) is 10.7. The zero-order valence-corrected chi connectivity index (χ0v) is 23.4. The van der Waals surface area contributed by atoms with Crippen LogP contribution in [0.1, 0.15) is 12.0 Å². The first-order valence-electron chi connectivity index (χ1n) is 13.3. The Bertz CT molecular complexity index is 1390. The largest absolute Gasteiger partial charge is 0.484 e. The third kappa shape index (κ3) is 7.57. The Balaban J connectivity index is 1.11. The summed E-state index contributed by atoms with van der Waals surface area (Å²) in [6.45, 7) is -0.0842. The lowest BCUT2D eigenvalue weighted by Gasteiger charge is -2.23. The van der Waals surface area contributed by atoms with Crippen molar-refractivity contribution in [3.63, 3.8) is 0 Å². The molecule has 214 valence electrons. The quantitative estimate of drug-likeness (QED) is 0.215. The zero-order valence-electron chi connectivity index (χ0n) is 22.6. The lowest BCUT2D eigenvalue weighted by Crippen LogP contribution is -2.54. The Morgan fingerprint density at radius 1 is 1.00 bits per heavy atom. The highest BCUT2D eigenvalue weighted by Gasteiger charge is 2.32. The average Bonchev–Trinajstić information content (AvgIpc) is 3.45. The fourth-order valence-corrected chi connectivity index (χ4v) is 5.58. The number of fused-ring (bicyclic) bond motifs is 2. The monoisotopic (exact) mass is 576 g/mol. The fourth-order valence-electron chi connectivity index (χ4n) is 4.61. The number of hydrogen-bond acceptors (Lipinski definition) is 8. The van der Waals surface area contributed by atoms with Crippen LogP contribution in [0.25, 0.3) is 0 Å². The van der Waals surface area contributed by atoms with Gasteiger partial charge < -0.3 is 35.5 Å². The van der Waals surface area contributed by atoms with E-state index < -0.39 is 24.1 Å². The summed E-state index contributed by atoms with van der Waals surface area (Å²) in [6, 6.07) is 21.8. The number of anilines is 2. The van der Waals surface area contributed by atoms with E-state index in [0.29, 0.717) is 18.8 Å². The molecule has 0 aliphatic carbocycles. The summed E-state index contributed by atoms with van der Waals surface area (Å²) >= 11 is 1.66. The van der Waals surface area contributed by atoms with Gasteiger partial charge in [0.1, 0.15) is 11.8 Å². The molecule has 3 aromatic carbocycles. The fraction of sp³-hybridized carbons (Fsp3) is 0.300. The van der Waals surface area contributed by atoms with E-state index in [0.717, 1.165) is 26.7 Å². The maximum absolute atomic E-state index is 13.1. The van der Waals surface area contributed by atoms with Crippen LogP contribution in [-0.4, -0.2) is 63.0 Å². The standard InChI is InChI=1S/C30H32N4O6S/c1-38-30-22(13-14-39-30)34-29(37)24(15-19-7-3-2-4-8-19)33-27(35)17-31-28(36)18-40-20-11-12-26-23(16-20)32-21-9-5-6-10-25(21)41-26/h2-12,16,22,24,30,32H,13-15,17-18H2,1H3,(H,31,36)(H,33,35)(H,34,37)/t22-,24-,30?/m0/s1. The second-order valence-electron chi connectivity index (χ2n) is 9.64. The molecule has 2 aliphatic heterocycles. The highest BCUT2D eigenvalue weighted by atomic mass is 32.2. The van der Waals surface area contributed by atoms with Gasteiger partial charge in [0, 0.05) is 29.4 Å². The summed E-state index contributed by atoms with van der Waals surface area (Å²) in [5.74, 6) is -0.772. The average molecular weight is 577 g/mol. The maximum Gasteiger partial charge on any atom is 0.258 e. The molecule has 0 aromatic heterocycles. The highest BCUT2D eigenvalue weighted by Crippen LogP contribution is 2.44. The van der Waals surface area contributed by atoms with E-state index >= 15 is 0 Å². The molecule has 3 aromatic rings. The minimum Gasteiger partial charge on any atom is -0.484 e. The highest BCUT2D eigenvalue weighted by molar-refractivity contribution is 7.99. The van der Waals surface area contributed by atoms with Crippen LogP contribution < -0.4 is 26.0 Å². The summed E-state index contributed by atoms with van der Waals surface area (Å²) in [6.07, 6.45) is 0.362. The zero-order chi connectivity index (χ0) is 28.6. The van der Waals surface area contributed by atoms with E-state index in [2.05, 4.69) is 27.3 Å². The van der Waals surface area contributed by atoms with Gasteiger partial charge in [-0.2, -0.15) is 0 Å². The predicted molar refractivity (Wildman–Crippen MR) is 154 cm³/mol. The van der Waals surface area contributed by atoms with Crippen molar-refractivity contribution in [2.24, 2.45) is 0 Å². The normalized spacial score (nSPS) is 17.8. The topological polar surface area (TPSA) is 127 Å². The molecule has 41 heavy (non-hydrogen) atoms. The van der Waals surface area contributed by atoms with E-state index in [-0.39, 0.29) is 31.5 Å². The third-order valence-corrected chi connectivity index (χ3v) is 7.83. The second kappa shape index (κ2) is 13.5. The summed E-state index contributed by atoms with van der Waals surface area (Å²) < 4.78 is 16.4. The molecule has 2 aliphatic rings. The Hall–Kier alpha value is -4.06. The number of hydrogen-bond donors (Lipinski definition) is 4. The molecule has 0 bridgehead atoms. The van der Waals surface area contributed by atoms with E-state index in [1.165, 1.54) is 7.11 Å². The van der Waals surface area contributed by atoms with E-state index in [1.807, 2.05) is 60.7 Å². The van der Waals surface area contributed by atoms with Gasteiger partial charge in [0.2, 0.25) is 11.8 Å². The van der Waals surface area contributed by atoms with E-state index in [4.69, 9.17) is 14.2 Å². The molecule has 1 fully saturated rings. The van der Waals surface area contributed by atoms with Crippen LogP contribution in [0, 0.1) is 0 Å². The van der Waals surface area contributed by atoms with Crippen LogP contribution >= 0.6 is 11.8 Å². The van der Waals surface area contributed by atoms with Gasteiger partial charge >= 0.3 is 0 Å². The molecule has 0 saturated carbocycles. The first-order valence-corrected chi connectivity index (χ1v) is 14.2. The van der Waals surface area contributed by atoms with Crippen molar-refractivity contribution < 1.29 is 28.6 Å². The summed E-state index contributed by atoms with van der Waals surface area (Å²) in [4.78, 5) is 40.5. The first kappa shape index (κ1) is 28.5. The molecule has 1 saturated heterocycles. The van der Waals surface area contributed by atoms with Crippen LogP contribution in [0.4, 0.5) is 11.4 Å². The molecular weight excluding hydrogens is 544 g/mol. The number of methoxy groups -OCH3 is 1.